The Labute approximate surface area is 90.0 Å². The van der Waals surface area contributed by atoms with Crippen LogP contribution < -0.4 is 10.6 Å². The molecule has 15 heavy (non-hydrogen) atoms. The van der Waals surface area contributed by atoms with Crippen LogP contribution in [0.15, 0.2) is 16.5 Å². The van der Waals surface area contributed by atoms with Crippen LogP contribution in [0.1, 0.15) is 24.9 Å². The number of furan rings is 1. The predicted molar refractivity (Wildman–Crippen MR) is 58.5 cm³/mol. The minimum absolute atomic E-state index is 0.0247. The molecule has 1 aromatic heterocycles. The van der Waals surface area contributed by atoms with Crippen molar-refractivity contribution in [2.75, 3.05) is 13.1 Å². The molecule has 84 valence electrons. The van der Waals surface area contributed by atoms with Gasteiger partial charge in [-0.05, 0) is 32.0 Å². The van der Waals surface area contributed by atoms with E-state index in [9.17, 15) is 4.79 Å². The van der Waals surface area contributed by atoms with E-state index >= 15 is 0 Å². The van der Waals surface area contributed by atoms with Gasteiger partial charge in [-0.15, -0.1) is 0 Å². The maximum Gasteiger partial charge on any atom is 0.216 e. The second kappa shape index (κ2) is 6.24. The molecule has 1 amide bonds. The van der Waals surface area contributed by atoms with Crippen LogP contribution in [0.2, 0.25) is 0 Å². The molecule has 4 heteroatoms. The molecule has 0 fully saturated rings. The fourth-order valence-electron chi connectivity index (χ4n) is 1.27. The van der Waals surface area contributed by atoms with Crippen LogP contribution >= 0.6 is 0 Å². The summed E-state index contributed by atoms with van der Waals surface area (Å²) in [5.74, 6) is 1.91. The molecule has 0 saturated heterocycles. The normalized spacial score (nSPS) is 10.3. The number of amides is 1. The van der Waals surface area contributed by atoms with Crippen LogP contribution in [0.25, 0.3) is 0 Å². The van der Waals surface area contributed by atoms with E-state index < -0.39 is 0 Å². The van der Waals surface area contributed by atoms with Gasteiger partial charge in [0.1, 0.15) is 11.5 Å². The molecule has 2 N–H and O–H groups in total. The third-order valence-electron chi connectivity index (χ3n) is 2.00. The van der Waals surface area contributed by atoms with Gasteiger partial charge in [0, 0.05) is 13.5 Å². The maximum atomic E-state index is 10.6. The van der Waals surface area contributed by atoms with Crippen LogP contribution in [0.3, 0.4) is 0 Å². The molecular weight excluding hydrogens is 192 g/mol. The zero-order valence-corrected chi connectivity index (χ0v) is 9.30. The quantitative estimate of drug-likeness (QED) is 0.694. The lowest BCUT2D eigenvalue weighted by molar-refractivity contribution is -0.118. The monoisotopic (exact) mass is 210 g/mol. The average molecular weight is 210 g/mol. The topological polar surface area (TPSA) is 54.3 Å². The summed E-state index contributed by atoms with van der Waals surface area (Å²) in [4.78, 5) is 10.6. The third kappa shape index (κ3) is 5.22. The molecule has 0 aliphatic rings. The van der Waals surface area contributed by atoms with E-state index in [2.05, 4.69) is 10.6 Å². The van der Waals surface area contributed by atoms with E-state index in [-0.39, 0.29) is 5.91 Å². The zero-order valence-electron chi connectivity index (χ0n) is 9.30. The van der Waals surface area contributed by atoms with Crippen molar-refractivity contribution < 1.29 is 9.21 Å². The Kier molecular flexibility index (Phi) is 4.90. The summed E-state index contributed by atoms with van der Waals surface area (Å²) < 4.78 is 5.40. The lowest BCUT2D eigenvalue weighted by Crippen LogP contribution is -2.24. The number of rotatable bonds is 6. The first-order valence-electron chi connectivity index (χ1n) is 5.19. The molecular formula is C11H18N2O2. The van der Waals surface area contributed by atoms with Crippen molar-refractivity contribution in [2.24, 2.45) is 0 Å². The summed E-state index contributed by atoms with van der Waals surface area (Å²) in [6.45, 7) is 5.80. The van der Waals surface area contributed by atoms with Crippen molar-refractivity contribution in [3.05, 3.63) is 23.7 Å². The Bertz CT molecular complexity index is 307. The summed E-state index contributed by atoms with van der Waals surface area (Å²) in [5.41, 5.74) is 0. The number of carbonyl (C=O) groups is 1. The van der Waals surface area contributed by atoms with Crippen molar-refractivity contribution in [1.29, 1.82) is 0 Å². The van der Waals surface area contributed by atoms with E-state index in [1.54, 1.807) is 0 Å². The molecule has 0 saturated carbocycles. The van der Waals surface area contributed by atoms with Gasteiger partial charge in [0.05, 0.1) is 6.54 Å². The highest BCUT2D eigenvalue weighted by Gasteiger charge is 1.97. The molecule has 0 spiro atoms. The summed E-state index contributed by atoms with van der Waals surface area (Å²) in [6, 6.07) is 3.92. The first-order valence-corrected chi connectivity index (χ1v) is 5.19. The number of nitrogens with one attached hydrogen (secondary N) is 2. The Morgan fingerprint density at radius 3 is 2.80 bits per heavy atom. The third-order valence-corrected chi connectivity index (χ3v) is 2.00. The van der Waals surface area contributed by atoms with Crippen LogP contribution in [-0.2, 0) is 11.3 Å². The first kappa shape index (κ1) is 11.8. The highest BCUT2D eigenvalue weighted by atomic mass is 16.3. The number of hydrogen-bond donors (Lipinski definition) is 2. The van der Waals surface area contributed by atoms with E-state index in [0.717, 1.165) is 37.6 Å². The molecule has 0 aliphatic carbocycles. The molecule has 1 aromatic rings. The van der Waals surface area contributed by atoms with Crippen molar-refractivity contribution in [1.82, 2.24) is 10.6 Å². The molecule has 1 rings (SSSR count). The van der Waals surface area contributed by atoms with Gasteiger partial charge < -0.3 is 15.1 Å². The minimum Gasteiger partial charge on any atom is -0.465 e. The van der Waals surface area contributed by atoms with E-state index in [1.807, 2.05) is 19.1 Å². The lowest BCUT2D eigenvalue weighted by Gasteiger charge is -2.03. The Morgan fingerprint density at radius 1 is 1.40 bits per heavy atom. The van der Waals surface area contributed by atoms with Gasteiger partial charge in [-0.3, -0.25) is 4.79 Å². The molecule has 0 atom stereocenters. The van der Waals surface area contributed by atoms with Gasteiger partial charge >= 0.3 is 0 Å². The highest BCUT2D eigenvalue weighted by Crippen LogP contribution is 2.04. The standard InChI is InChI=1S/C11H18N2O2/c1-9-4-5-11(15-9)8-12-6-3-7-13-10(2)14/h4-5,12H,3,6-8H2,1-2H3,(H,13,14). The van der Waals surface area contributed by atoms with Crippen LogP contribution in [0, 0.1) is 6.92 Å². The smallest absolute Gasteiger partial charge is 0.216 e. The fraction of sp³-hybridized carbons (Fsp3) is 0.545. The molecule has 0 aliphatic heterocycles. The van der Waals surface area contributed by atoms with Crippen molar-refractivity contribution in [3.63, 3.8) is 0 Å². The van der Waals surface area contributed by atoms with Crippen molar-refractivity contribution in [2.45, 2.75) is 26.8 Å². The van der Waals surface area contributed by atoms with Gasteiger partial charge in [-0.1, -0.05) is 0 Å². The lowest BCUT2D eigenvalue weighted by atomic mass is 10.4. The van der Waals surface area contributed by atoms with Gasteiger partial charge in [0.25, 0.3) is 0 Å². The molecule has 0 radical (unpaired) electrons. The predicted octanol–water partition coefficient (Wildman–Crippen LogP) is 1.20. The Hall–Kier alpha value is -1.29. The van der Waals surface area contributed by atoms with Crippen molar-refractivity contribution >= 4 is 5.91 Å². The first-order chi connectivity index (χ1) is 7.18. The number of hydrogen-bond acceptors (Lipinski definition) is 3. The van der Waals surface area contributed by atoms with E-state index in [4.69, 9.17) is 4.42 Å². The SMILES string of the molecule is CC(=O)NCCCNCc1ccc(C)o1. The van der Waals surface area contributed by atoms with Crippen molar-refractivity contribution in [3.8, 4) is 0 Å². The maximum absolute atomic E-state index is 10.6. The second-order valence-electron chi connectivity index (χ2n) is 3.53. The summed E-state index contributed by atoms with van der Waals surface area (Å²) in [6.07, 6.45) is 0.930. The molecule has 4 nitrogen and oxygen atoms in total. The molecule has 0 unspecified atom stereocenters. The summed E-state index contributed by atoms with van der Waals surface area (Å²) in [5, 5.41) is 5.99. The van der Waals surface area contributed by atoms with Gasteiger partial charge in [-0.25, -0.2) is 0 Å². The molecule has 0 aromatic carbocycles. The van der Waals surface area contributed by atoms with Crippen LogP contribution in [-0.4, -0.2) is 19.0 Å². The van der Waals surface area contributed by atoms with E-state index in [0.29, 0.717) is 0 Å². The molecule has 0 bridgehead atoms. The minimum atomic E-state index is 0.0247. The fourth-order valence-corrected chi connectivity index (χ4v) is 1.27. The van der Waals surface area contributed by atoms with Gasteiger partial charge in [0.15, 0.2) is 0 Å². The number of aryl methyl sites for hydroxylation is 1. The molecule has 1 heterocycles. The largest absolute Gasteiger partial charge is 0.465 e. The summed E-state index contributed by atoms with van der Waals surface area (Å²) >= 11 is 0. The number of carbonyl (C=O) groups excluding carboxylic acids is 1. The second-order valence-corrected chi connectivity index (χ2v) is 3.53. The van der Waals surface area contributed by atoms with Crippen LogP contribution in [0.5, 0.6) is 0 Å². The Balaban J connectivity index is 2.00. The summed E-state index contributed by atoms with van der Waals surface area (Å²) in [7, 11) is 0. The zero-order chi connectivity index (χ0) is 11.1. The van der Waals surface area contributed by atoms with Crippen LogP contribution in [0.4, 0.5) is 0 Å². The average Bonchev–Trinajstić information content (AvgIpc) is 2.57. The Morgan fingerprint density at radius 2 is 2.20 bits per heavy atom. The highest BCUT2D eigenvalue weighted by molar-refractivity contribution is 5.72. The van der Waals surface area contributed by atoms with E-state index in [1.165, 1.54) is 6.92 Å². The van der Waals surface area contributed by atoms with Gasteiger partial charge in [0.2, 0.25) is 5.91 Å². The van der Waals surface area contributed by atoms with Gasteiger partial charge in [-0.2, -0.15) is 0 Å².